The third kappa shape index (κ3) is 5.20. The van der Waals surface area contributed by atoms with Crippen LogP contribution in [-0.2, 0) is 11.8 Å². The average Bonchev–Trinajstić information content (AvgIpc) is 3.08. The molecule has 1 amide bonds. The van der Waals surface area contributed by atoms with Gasteiger partial charge >= 0.3 is 0 Å². The molecule has 0 saturated heterocycles. The Morgan fingerprint density at radius 2 is 1.77 bits per heavy atom. The van der Waals surface area contributed by atoms with Gasteiger partial charge in [-0.3, -0.25) is 14.3 Å². The Hall–Kier alpha value is -4.09. The minimum atomic E-state index is -0.281. The van der Waals surface area contributed by atoms with Crippen LogP contribution in [-0.4, -0.2) is 26.0 Å². The number of aromatic nitrogens is 3. The first-order valence-corrected chi connectivity index (χ1v) is 12.1. The van der Waals surface area contributed by atoms with Crippen molar-refractivity contribution in [2.24, 2.45) is 7.05 Å². The zero-order valence-electron chi connectivity index (χ0n) is 19.8. The van der Waals surface area contributed by atoms with Crippen molar-refractivity contribution in [1.29, 1.82) is 5.26 Å². The van der Waals surface area contributed by atoms with Gasteiger partial charge in [0.1, 0.15) is 16.8 Å². The predicted molar refractivity (Wildman–Crippen MR) is 139 cm³/mol. The molecule has 4 aromatic rings. The van der Waals surface area contributed by atoms with Gasteiger partial charge < -0.3 is 5.32 Å². The van der Waals surface area contributed by atoms with Gasteiger partial charge in [-0.1, -0.05) is 48.0 Å². The van der Waals surface area contributed by atoms with Crippen LogP contribution in [0.5, 0.6) is 0 Å². The summed E-state index contributed by atoms with van der Waals surface area (Å²) in [5, 5.41) is 12.8. The maximum Gasteiger partial charge on any atom is 0.295 e. The molecule has 0 aliphatic carbocycles. The van der Waals surface area contributed by atoms with Gasteiger partial charge in [0.15, 0.2) is 0 Å². The highest BCUT2D eigenvalue weighted by Gasteiger charge is 2.18. The second-order valence-electron chi connectivity index (χ2n) is 8.11. The molecule has 0 bridgehead atoms. The van der Waals surface area contributed by atoms with Crippen LogP contribution in [0.2, 0.25) is 0 Å². The van der Waals surface area contributed by atoms with Crippen molar-refractivity contribution in [1.82, 2.24) is 14.3 Å². The number of carbonyl (C=O) groups is 1. The van der Waals surface area contributed by atoms with Crippen molar-refractivity contribution in [2.75, 3.05) is 11.1 Å². The van der Waals surface area contributed by atoms with Crippen LogP contribution in [0.4, 0.5) is 5.69 Å². The first-order chi connectivity index (χ1) is 16.9. The number of para-hydroxylation sites is 1. The highest BCUT2D eigenvalue weighted by Crippen LogP contribution is 2.26. The Kier molecular flexibility index (Phi) is 7.18. The molecule has 0 fully saturated rings. The molecule has 0 spiro atoms. The maximum absolute atomic E-state index is 13.0. The Morgan fingerprint density at radius 1 is 1.06 bits per heavy atom. The number of hydrogen-bond donors (Lipinski definition) is 1. The summed E-state index contributed by atoms with van der Waals surface area (Å²) < 4.78 is 3.25. The fourth-order valence-electron chi connectivity index (χ4n) is 3.68. The lowest BCUT2D eigenvalue weighted by Gasteiger charge is -2.08. The Balaban J connectivity index is 1.45. The first-order valence-electron chi connectivity index (χ1n) is 11.1. The molecule has 1 N–H and O–H groups in total. The fourth-order valence-corrected chi connectivity index (χ4v) is 4.59. The number of amides is 1. The minimum Gasteiger partial charge on any atom is -0.320 e. The smallest absolute Gasteiger partial charge is 0.295 e. The monoisotopic (exact) mass is 483 g/mol. The van der Waals surface area contributed by atoms with E-state index in [9.17, 15) is 14.9 Å². The van der Waals surface area contributed by atoms with Gasteiger partial charge in [0.25, 0.3) is 5.56 Å². The number of carbonyl (C=O) groups excluding carboxylic acids is 1. The molecule has 4 rings (SSSR count). The first kappa shape index (κ1) is 24.0. The third-order valence-corrected chi connectivity index (χ3v) is 6.71. The second kappa shape index (κ2) is 10.5. The number of aryl methyl sites for hydroxylation is 1. The number of rotatable bonds is 7. The van der Waals surface area contributed by atoms with Crippen LogP contribution in [0.15, 0.2) is 76.6 Å². The molecule has 2 heterocycles. The Morgan fingerprint density at radius 3 is 2.46 bits per heavy atom. The molecule has 0 radical (unpaired) electrons. The zero-order valence-corrected chi connectivity index (χ0v) is 20.6. The number of nitrogens with one attached hydrogen (secondary N) is 1. The van der Waals surface area contributed by atoms with Gasteiger partial charge in [-0.25, -0.2) is 9.67 Å². The molecule has 0 aliphatic rings. The van der Waals surface area contributed by atoms with E-state index in [1.54, 1.807) is 24.7 Å². The lowest BCUT2D eigenvalue weighted by Crippen LogP contribution is -2.23. The van der Waals surface area contributed by atoms with E-state index in [2.05, 4.69) is 16.4 Å². The van der Waals surface area contributed by atoms with Crippen molar-refractivity contribution >= 4 is 23.4 Å². The van der Waals surface area contributed by atoms with Gasteiger partial charge in [0, 0.05) is 24.8 Å². The molecule has 35 heavy (non-hydrogen) atoms. The van der Waals surface area contributed by atoms with Gasteiger partial charge in [0.05, 0.1) is 22.6 Å². The fraction of sp³-hybridized carbons (Fsp3) is 0.185. The van der Waals surface area contributed by atoms with E-state index in [1.165, 1.54) is 16.4 Å². The number of nitriles is 1. The van der Waals surface area contributed by atoms with Crippen LogP contribution in [0, 0.1) is 25.2 Å². The normalized spacial score (nSPS) is 10.7. The molecule has 0 saturated carbocycles. The number of hydrogen-bond acceptors (Lipinski definition) is 5. The largest absolute Gasteiger partial charge is 0.320 e. The molecule has 0 atom stereocenters. The molecular weight excluding hydrogens is 458 g/mol. The average molecular weight is 484 g/mol. The van der Waals surface area contributed by atoms with Crippen LogP contribution < -0.4 is 10.9 Å². The number of pyridine rings is 1. The van der Waals surface area contributed by atoms with Gasteiger partial charge in [-0.15, -0.1) is 11.8 Å². The van der Waals surface area contributed by atoms with Crippen molar-refractivity contribution in [3.63, 3.8) is 0 Å². The molecule has 2 aromatic carbocycles. The predicted octanol–water partition coefficient (Wildman–Crippen LogP) is 4.85. The van der Waals surface area contributed by atoms with Gasteiger partial charge in [-0.05, 0) is 38.1 Å². The molecular formula is C27H25N5O2S. The number of benzene rings is 2. The highest BCUT2D eigenvalue weighted by atomic mass is 32.2. The molecule has 0 aliphatic heterocycles. The molecule has 7 nitrogen and oxygen atoms in total. The van der Waals surface area contributed by atoms with E-state index in [0.717, 1.165) is 22.5 Å². The molecule has 2 aromatic heterocycles. The van der Waals surface area contributed by atoms with Crippen LogP contribution in [0.3, 0.4) is 0 Å². The van der Waals surface area contributed by atoms with E-state index in [-0.39, 0.29) is 23.6 Å². The molecule has 176 valence electrons. The third-order valence-electron chi connectivity index (χ3n) is 5.71. The lowest BCUT2D eigenvalue weighted by atomic mass is 10.1. The van der Waals surface area contributed by atoms with E-state index in [0.29, 0.717) is 22.0 Å². The standard InChI is InChI=1S/C27H25N5O2S/c1-18-9-11-20(12-10-18)23-14-13-21(17-28)26(29-23)35-16-15-24(33)30-25-19(2)31(3)32(27(25)34)22-7-5-4-6-8-22/h4-14H,15-16H2,1-3H3,(H,30,33). The summed E-state index contributed by atoms with van der Waals surface area (Å²) in [5.74, 6) is 0.153. The van der Waals surface area contributed by atoms with Crippen LogP contribution >= 0.6 is 11.8 Å². The van der Waals surface area contributed by atoms with Crippen molar-refractivity contribution in [3.05, 3.63) is 93.9 Å². The van der Waals surface area contributed by atoms with Gasteiger partial charge in [0.2, 0.25) is 5.91 Å². The van der Waals surface area contributed by atoms with Crippen molar-refractivity contribution in [3.8, 4) is 23.0 Å². The second-order valence-corrected chi connectivity index (χ2v) is 9.19. The van der Waals surface area contributed by atoms with Crippen LogP contribution in [0.1, 0.15) is 23.2 Å². The van der Waals surface area contributed by atoms with E-state index >= 15 is 0 Å². The SMILES string of the molecule is Cc1ccc(-c2ccc(C#N)c(SCCC(=O)Nc3c(C)n(C)n(-c4ccccc4)c3=O)n2)cc1. The summed E-state index contributed by atoms with van der Waals surface area (Å²) >= 11 is 1.35. The quantitative estimate of drug-likeness (QED) is 0.380. The number of nitrogens with zero attached hydrogens (tertiary/aromatic N) is 4. The van der Waals surface area contributed by atoms with E-state index < -0.39 is 0 Å². The van der Waals surface area contributed by atoms with E-state index in [1.807, 2.05) is 67.6 Å². The number of anilines is 1. The molecule has 0 unspecified atom stereocenters. The summed E-state index contributed by atoms with van der Waals surface area (Å²) in [7, 11) is 1.78. The summed E-state index contributed by atoms with van der Waals surface area (Å²) in [5.41, 5.74) is 4.75. The Bertz CT molecular complexity index is 1460. The number of thioether (sulfide) groups is 1. The minimum absolute atomic E-state index is 0.172. The van der Waals surface area contributed by atoms with Crippen molar-refractivity contribution < 1.29 is 4.79 Å². The summed E-state index contributed by atoms with van der Waals surface area (Å²) in [6.07, 6.45) is 0.172. The lowest BCUT2D eigenvalue weighted by molar-refractivity contribution is -0.115. The van der Waals surface area contributed by atoms with Crippen molar-refractivity contribution in [2.45, 2.75) is 25.3 Å². The maximum atomic E-state index is 13.0. The highest BCUT2D eigenvalue weighted by molar-refractivity contribution is 7.99. The topological polar surface area (TPSA) is 92.7 Å². The zero-order chi connectivity index (χ0) is 24.9. The summed E-state index contributed by atoms with van der Waals surface area (Å²) in [4.78, 5) is 30.3. The van der Waals surface area contributed by atoms with E-state index in [4.69, 9.17) is 0 Å². The van der Waals surface area contributed by atoms with Gasteiger partial charge in [-0.2, -0.15) is 5.26 Å². The Labute approximate surface area is 208 Å². The molecule has 8 heteroatoms. The van der Waals surface area contributed by atoms with Crippen LogP contribution in [0.25, 0.3) is 16.9 Å². The summed E-state index contributed by atoms with van der Waals surface area (Å²) in [6.45, 7) is 3.82. The summed E-state index contributed by atoms with van der Waals surface area (Å²) in [6, 6.07) is 23.1.